The standard InChI is InChI=1S/C29H37F3N6/c1-21(22-8-13-37(14-9-22)15-10-29(30,31)32)35-28-17-25-16-23(6-7-24(25)18-33-28)26-19-34-36(2)27(26)20-38-11-4-3-5-12-38/h6-7,16-19,22H,1,3-5,8-15,20H2,2H3,(H,33,35). The lowest BCUT2D eigenvalue weighted by Crippen LogP contribution is -2.37. The topological polar surface area (TPSA) is 49.2 Å². The van der Waals surface area contributed by atoms with Gasteiger partial charge in [0.1, 0.15) is 5.82 Å². The first-order chi connectivity index (χ1) is 18.2. The molecule has 0 radical (unpaired) electrons. The van der Waals surface area contributed by atoms with Crippen LogP contribution in [0.3, 0.4) is 0 Å². The average Bonchev–Trinajstić information content (AvgIpc) is 3.27. The third-order valence-corrected chi connectivity index (χ3v) is 8.00. The van der Waals surface area contributed by atoms with E-state index in [0.29, 0.717) is 13.1 Å². The number of likely N-dealkylation sites (tertiary alicyclic amines) is 2. The second kappa shape index (κ2) is 11.5. The number of halogens is 3. The molecule has 1 N–H and O–H groups in total. The fraction of sp³-hybridized carbons (Fsp3) is 0.517. The minimum atomic E-state index is -4.10. The van der Waals surface area contributed by atoms with Crippen LogP contribution in [-0.2, 0) is 13.6 Å². The monoisotopic (exact) mass is 526 g/mol. The Labute approximate surface area is 222 Å². The van der Waals surface area contributed by atoms with Crippen molar-refractivity contribution in [2.75, 3.05) is 38.0 Å². The number of anilines is 1. The van der Waals surface area contributed by atoms with Crippen molar-refractivity contribution >= 4 is 16.6 Å². The molecule has 0 unspecified atom stereocenters. The number of rotatable bonds is 8. The highest BCUT2D eigenvalue weighted by Gasteiger charge is 2.29. The molecule has 2 aromatic heterocycles. The maximum Gasteiger partial charge on any atom is 0.390 e. The summed E-state index contributed by atoms with van der Waals surface area (Å²) in [4.78, 5) is 9.00. The number of hydrogen-bond acceptors (Lipinski definition) is 5. The number of hydrogen-bond donors (Lipinski definition) is 1. The van der Waals surface area contributed by atoms with Crippen LogP contribution in [0, 0.1) is 5.92 Å². The minimum absolute atomic E-state index is 0.0708. The van der Waals surface area contributed by atoms with E-state index in [0.717, 1.165) is 65.9 Å². The molecule has 2 fully saturated rings. The van der Waals surface area contributed by atoms with Gasteiger partial charge >= 0.3 is 6.18 Å². The molecule has 0 spiro atoms. The maximum atomic E-state index is 12.5. The smallest absolute Gasteiger partial charge is 0.344 e. The second-order valence-corrected chi connectivity index (χ2v) is 10.7. The Bertz CT molecular complexity index is 1250. The summed E-state index contributed by atoms with van der Waals surface area (Å²) < 4.78 is 39.6. The number of nitrogens with one attached hydrogen (secondary N) is 1. The van der Waals surface area contributed by atoms with Crippen molar-refractivity contribution in [2.24, 2.45) is 13.0 Å². The summed E-state index contributed by atoms with van der Waals surface area (Å²) in [5.41, 5.74) is 4.40. The van der Waals surface area contributed by atoms with E-state index in [9.17, 15) is 13.2 Å². The number of pyridine rings is 1. The molecular weight excluding hydrogens is 489 g/mol. The molecule has 0 aliphatic carbocycles. The Morgan fingerprint density at radius 3 is 2.50 bits per heavy atom. The van der Waals surface area contributed by atoms with Crippen LogP contribution in [0.25, 0.3) is 21.9 Å². The molecule has 2 aliphatic rings. The predicted molar refractivity (Wildman–Crippen MR) is 146 cm³/mol. The Kier molecular flexibility index (Phi) is 8.04. The summed E-state index contributed by atoms with van der Waals surface area (Å²) in [5.74, 6) is 0.951. The first kappa shape index (κ1) is 26.7. The molecule has 1 aromatic carbocycles. The van der Waals surface area contributed by atoms with Crippen LogP contribution in [0.2, 0.25) is 0 Å². The summed E-state index contributed by atoms with van der Waals surface area (Å²) in [6.07, 6.45) is 4.40. The molecule has 204 valence electrons. The highest BCUT2D eigenvalue weighted by Crippen LogP contribution is 2.31. The van der Waals surface area contributed by atoms with E-state index in [1.807, 2.05) is 35.1 Å². The van der Waals surface area contributed by atoms with Gasteiger partial charge < -0.3 is 10.2 Å². The number of nitrogens with zero attached hydrogens (tertiary/aromatic N) is 5. The minimum Gasteiger partial charge on any atom is -0.344 e. The zero-order valence-electron chi connectivity index (χ0n) is 22.1. The highest BCUT2D eigenvalue weighted by molar-refractivity contribution is 5.88. The number of aromatic nitrogens is 3. The molecule has 6 nitrogen and oxygen atoms in total. The third-order valence-electron chi connectivity index (χ3n) is 8.00. The van der Waals surface area contributed by atoms with Gasteiger partial charge in [0, 0.05) is 48.9 Å². The van der Waals surface area contributed by atoms with E-state index in [-0.39, 0.29) is 12.5 Å². The van der Waals surface area contributed by atoms with Gasteiger partial charge in [-0.3, -0.25) is 9.58 Å². The first-order valence-electron chi connectivity index (χ1n) is 13.6. The van der Waals surface area contributed by atoms with Crippen molar-refractivity contribution in [3.63, 3.8) is 0 Å². The molecule has 38 heavy (non-hydrogen) atoms. The maximum absolute atomic E-state index is 12.5. The second-order valence-electron chi connectivity index (χ2n) is 10.7. The van der Waals surface area contributed by atoms with Gasteiger partial charge in [-0.25, -0.2) is 4.98 Å². The molecule has 3 aromatic rings. The molecule has 2 saturated heterocycles. The van der Waals surface area contributed by atoms with Gasteiger partial charge in [0.15, 0.2) is 0 Å². The van der Waals surface area contributed by atoms with Crippen molar-refractivity contribution in [2.45, 2.75) is 51.2 Å². The van der Waals surface area contributed by atoms with Crippen molar-refractivity contribution in [3.05, 3.63) is 54.6 Å². The van der Waals surface area contributed by atoms with Gasteiger partial charge in [0.2, 0.25) is 0 Å². The van der Waals surface area contributed by atoms with Crippen LogP contribution in [0.4, 0.5) is 19.0 Å². The molecule has 5 rings (SSSR count). The van der Waals surface area contributed by atoms with Gasteiger partial charge in [-0.15, -0.1) is 0 Å². The molecule has 0 amide bonds. The zero-order valence-corrected chi connectivity index (χ0v) is 22.1. The van der Waals surface area contributed by atoms with E-state index in [1.54, 1.807) is 0 Å². The van der Waals surface area contributed by atoms with E-state index < -0.39 is 12.6 Å². The zero-order chi connectivity index (χ0) is 26.7. The summed E-state index contributed by atoms with van der Waals surface area (Å²) in [5, 5.41) is 10.1. The summed E-state index contributed by atoms with van der Waals surface area (Å²) in [6.45, 7) is 8.79. The first-order valence-corrected chi connectivity index (χ1v) is 13.6. The number of piperidine rings is 2. The number of aryl methyl sites for hydroxylation is 1. The number of alkyl halides is 3. The van der Waals surface area contributed by atoms with Crippen molar-refractivity contribution < 1.29 is 13.2 Å². The van der Waals surface area contributed by atoms with Gasteiger partial charge in [-0.1, -0.05) is 25.1 Å². The highest BCUT2D eigenvalue weighted by atomic mass is 19.4. The van der Waals surface area contributed by atoms with Crippen molar-refractivity contribution in [1.82, 2.24) is 24.6 Å². The fourth-order valence-electron chi connectivity index (χ4n) is 5.65. The van der Waals surface area contributed by atoms with Crippen LogP contribution in [-0.4, -0.2) is 63.5 Å². The van der Waals surface area contributed by atoms with Crippen LogP contribution < -0.4 is 5.32 Å². The lowest BCUT2D eigenvalue weighted by Gasteiger charge is -2.33. The predicted octanol–water partition coefficient (Wildman–Crippen LogP) is 6.21. The Morgan fingerprint density at radius 1 is 1.00 bits per heavy atom. The van der Waals surface area contributed by atoms with Crippen LogP contribution in [0.15, 0.2) is 48.9 Å². The van der Waals surface area contributed by atoms with Gasteiger partial charge in [0.05, 0.1) is 18.3 Å². The van der Waals surface area contributed by atoms with Gasteiger partial charge in [0.25, 0.3) is 0 Å². The molecule has 4 heterocycles. The van der Waals surface area contributed by atoms with Crippen LogP contribution in [0.5, 0.6) is 0 Å². The SMILES string of the molecule is C=C(Nc1cc2cc(-c3cnn(C)c3CN3CCCCC3)ccc2cn1)C1CCN(CCC(F)(F)F)CC1. The van der Waals surface area contributed by atoms with Crippen LogP contribution >= 0.6 is 0 Å². The lowest BCUT2D eigenvalue weighted by molar-refractivity contribution is -0.138. The normalized spacial score (nSPS) is 18.2. The molecule has 0 saturated carbocycles. The number of benzene rings is 1. The Hall–Kier alpha value is -2.91. The van der Waals surface area contributed by atoms with Crippen LogP contribution in [0.1, 0.15) is 44.2 Å². The van der Waals surface area contributed by atoms with Crippen molar-refractivity contribution in [3.8, 4) is 11.1 Å². The molecular formula is C29H37F3N6. The quantitative estimate of drug-likeness (QED) is 0.378. The van der Waals surface area contributed by atoms with E-state index in [4.69, 9.17) is 0 Å². The lowest BCUT2D eigenvalue weighted by atomic mass is 9.94. The summed E-state index contributed by atoms with van der Waals surface area (Å²) in [7, 11) is 2.02. The molecule has 0 bridgehead atoms. The largest absolute Gasteiger partial charge is 0.390 e. The fourth-order valence-corrected chi connectivity index (χ4v) is 5.65. The van der Waals surface area contributed by atoms with Gasteiger partial charge in [-0.05, 0) is 74.9 Å². The van der Waals surface area contributed by atoms with Crippen molar-refractivity contribution in [1.29, 1.82) is 0 Å². The Morgan fingerprint density at radius 2 is 1.76 bits per heavy atom. The summed E-state index contributed by atoms with van der Waals surface area (Å²) in [6, 6.07) is 8.48. The molecule has 9 heteroatoms. The van der Waals surface area contributed by atoms with E-state index in [2.05, 4.69) is 45.1 Å². The number of fused-ring (bicyclic) bond motifs is 1. The third kappa shape index (κ3) is 6.56. The number of allylic oxidation sites excluding steroid dienone is 1. The van der Waals surface area contributed by atoms with E-state index in [1.165, 1.54) is 25.0 Å². The molecule has 2 aliphatic heterocycles. The average molecular weight is 527 g/mol. The summed E-state index contributed by atoms with van der Waals surface area (Å²) >= 11 is 0. The van der Waals surface area contributed by atoms with E-state index >= 15 is 0 Å². The Balaban J connectivity index is 1.25. The van der Waals surface area contributed by atoms with Gasteiger partial charge in [-0.2, -0.15) is 18.3 Å². The molecule has 0 atom stereocenters.